The third kappa shape index (κ3) is 4.51. The Bertz CT molecular complexity index is 268. The molecule has 90 valence electrons. The molecule has 0 aromatic heterocycles. The Morgan fingerprint density at radius 2 is 1.93 bits per heavy atom. The average molecular weight is 233 g/mol. The van der Waals surface area contributed by atoms with Crippen molar-refractivity contribution >= 4 is 9.84 Å². The minimum Gasteiger partial charge on any atom is -0.327 e. The maximum absolute atomic E-state index is 11.3. The smallest absolute Gasteiger partial charge is 0.150 e. The molecule has 0 aromatic rings. The van der Waals surface area contributed by atoms with Gasteiger partial charge in [-0.05, 0) is 31.6 Å². The first-order valence-electron chi connectivity index (χ1n) is 6.01. The monoisotopic (exact) mass is 233 g/mol. The van der Waals surface area contributed by atoms with Gasteiger partial charge in [0, 0.05) is 11.8 Å². The highest BCUT2D eigenvalue weighted by molar-refractivity contribution is 7.91. The van der Waals surface area contributed by atoms with E-state index in [1.165, 1.54) is 25.7 Å². The van der Waals surface area contributed by atoms with Crippen molar-refractivity contribution in [2.45, 2.75) is 51.5 Å². The van der Waals surface area contributed by atoms with E-state index in [9.17, 15) is 8.42 Å². The van der Waals surface area contributed by atoms with Gasteiger partial charge in [0.15, 0.2) is 0 Å². The lowest BCUT2D eigenvalue weighted by Gasteiger charge is -2.18. The van der Waals surface area contributed by atoms with Crippen LogP contribution in [-0.2, 0) is 9.84 Å². The molecule has 0 bridgehead atoms. The maximum Gasteiger partial charge on any atom is 0.150 e. The van der Waals surface area contributed by atoms with Crippen molar-refractivity contribution in [3.05, 3.63) is 0 Å². The molecule has 3 nitrogen and oxygen atoms in total. The number of sulfone groups is 1. The van der Waals surface area contributed by atoms with Crippen LogP contribution < -0.4 is 5.73 Å². The Kier molecular flexibility index (Phi) is 5.06. The van der Waals surface area contributed by atoms with Crippen molar-refractivity contribution in [1.29, 1.82) is 0 Å². The summed E-state index contributed by atoms with van der Waals surface area (Å²) in [6.07, 6.45) is 6.67. The Morgan fingerprint density at radius 1 is 1.33 bits per heavy atom. The highest BCUT2D eigenvalue weighted by Gasteiger charge is 2.21. The molecule has 1 saturated carbocycles. The molecule has 0 spiro atoms. The largest absolute Gasteiger partial charge is 0.327 e. The van der Waals surface area contributed by atoms with E-state index in [0.717, 1.165) is 12.8 Å². The molecule has 15 heavy (non-hydrogen) atoms. The van der Waals surface area contributed by atoms with Crippen LogP contribution >= 0.6 is 0 Å². The lowest BCUT2D eigenvalue weighted by atomic mass is 9.95. The molecule has 1 fully saturated rings. The Balaban J connectivity index is 2.19. The van der Waals surface area contributed by atoms with Gasteiger partial charge >= 0.3 is 0 Å². The van der Waals surface area contributed by atoms with Crippen LogP contribution in [0, 0.1) is 5.92 Å². The van der Waals surface area contributed by atoms with Gasteiger partial charge in [0.1, 0.15) is 9.84 Å². The first-order chi connectivity index (χ1) is 7.05. The number of rotatable bonds is 6. The molecule has 0 radical (unpaired) electrons. The van der Waals surface area contributed by atoms with Crippen LogP contribution in [0.2, 0.25) is 0 Å². The zero-order chi connectivity index (χ0) is 11.3. The molecular weight excluding hydrogens is 210 g/mol. The molecule has 0 aromatic carbocycles. The molecule has 1 atom stereocenters. The molecule has 0 amide bonds. The minimum absolute atomic E-state index is 0.222. The van der Waals surface area contributed by atoms with Gasteiger partial charge in [-0.15, -0.1) is 0 Å². The van der Waals surface area contributed by atoms with Crippen molar-refractivity contribution in [2.24, 2.45) is 11.7 Å². The third-order valence-corrected chi connectivity index (χ3v) is 5.23. The van der Waals surface area contributed by atoms with Gasteiger partial charge in [0.2, 0.25) is 0 Å². The first-order valence-corrected chi connectivity index (χ1v) is 7.83. The predicted molar refractivity (Wildman–Crippen MR) is 63.5 cm³/mol. The molecule has 0 aliphatic heterocycles. The zero-order valence-corrected chi connectivity index (χ0v) is 10.4. The second-order valence-corrected chi connectivity index (χ2v) is 7.06. The van der Waals surface area contributed by atoms with Crippen LogP contribution in [0.3, 0.4) is 0 Å². The van der Waals surface area contributed by atoms with Gasteiger partial charge < -0.3 is 5.73 Å². The van der Waals surface area contributed by atoms with E-state index < -0.39 is 9.84 Å². The van der Waals surface area contributed by atoms with Crippen LogP contribution in [0.5, 0.6) is 0 Å². The number of nitrogens with two attached hydrogens (primary N) is 1. The highest BCUT2D eigenvalue weighted by Crippen LogP contribution is 2.28. The van der Waals surface area contributed by atoms with Crippen LogP contribution in [0.15, 0.2) is 0 Å². The molecule has 2 N–H and O–H groups in total. The second-order valence-electron chi connectivity index (χ2n) is 4.59. The van der Waals surface area contributed by atoms with E-state index in [1.807, 2.05) is 0 Å². The Morgan fingerprint density at radius 3 is 2.47 bits per heavy atom. The van der Waals surface area contributed by atoms with Crippen LogP contribution in [-0.4, -0.2) is 26.0 Å². The summed E-state index contributed by atoms with van der Waals surface area (Å²) < 4.78 is 22.5. The molecule has 1 unspecified atom stereocenters. The third-order valence-electron chi connectivity index (χ3n) is 3.44. The fraction of sp³-hybridized carbons (Fsp3) is 1.00. The highest BCUT2D eigenvalue weighted by atomic mass is 32.2. The lowest BCUT2D eigenvalue weighted by molar-refractivity contribution is 0.407. The summed E-state index contributed by atoms with van der Waals surface area (Å²) in [4.78, 5) is 0. The van der Waals surface area contributed by atoms with E-state index >= 15 is 0 Å². The first kappa shape index (κ1) is 13.0. The number of hydrogen-bond acceptors (Lipinski definition) is 3. The fourth-order valence-corrected chi connectivity index (χ4v) is 3.20. The van der Waals surface area contributed by atoms with Gasteiger partial charge in [-0.1, -0.05) is 19.8 Å². The van der Waals surface area contributed by atoms with Crippen LogP contribution in [0.1, 0.15) is 45.4 Å². The van der Waals surface area contributed by atoms with Crippen molar-refractivity contribution < 1.29 is 8.42 Å². The predicted octanol–water partition coefficient (Wildman–Crippen LogP) is 1.72. The van der Waals surface area contributed by atoms with Gasteiger partial charge in [-0.25, -0.2) is 8.42 Å². The summed E-state index contributed by atoms with van der Waals surface area (Å²) in [5.41, 5.74) is 6.05. The summed E-state index contributed by atoms with van der Waals surface area (Å²) >= 11 is 0. The van der Waals surface area contributed by atoms with Gasteiger partial charge in [-0.2, -0.15) is 0 Å². The average Bonchev–Trinajstić information content (AvgIpc) is 2.70. The summed E-state index contributed by atoms with van der Waals surface area (Å²) in [5.74, 6) is 1.21. The molecular formula is C11H23NO2S. The van der Waals surface area contributed by atoms with Crippen molar-refractivity contribution in [2.75, 3.05) is 11.5 Å². The fourth-order valence-electron chi connectivity index (χ4n) is 2.30. The zero-order valence-electron chi connectivity index (χ0n) is 9.61. The van der Waals surface area contributed by atoms with Crippen molar-refractivity contribution in [3.8, 4) is 0 Å². The minimum atomic E-state index is -2.79. The van der Waals surface area contributed by atoms with Crippen molar-refractivity contribution in [3.63, 3.8) is 0 Å². The summed E-state index contributed by atoms with van der Waals surface area (Å²) in [7, 11) is -2.79. The summed E-state index contributed by atoms with van der Waals surface area (Å²) in [5, 5.41) is 0. The molecule has 4 heteroatoms. The van der Waals surface area contributed by atoms with Crippen LogP contribution in [0.25, 0.3) is 0 Å². The van der Waals surface area contributed by atoms with Crippen molar-refractivity contribution in [1.82, 2.24) is 0 Å². The summed E-state index contributed by atoms with van der Waals surface area (Å²) in [6, 6.07) is 0.222. The molecule has 0 heterocycles. The molecule has 1 aliphatic carbocycles. The second kappa shape index (κ2) is 5.85. The lowest BCUT2D eigenvalue weighted by Crippen LogP contribution is -2.29. The normalized spacial score (nSPS) is 20.7. The van der Waals surface area contributed by atoms with E-state index in [0.29, 0.717) is 11.7 Å². The van der Waals surface area contributed by atoms with E-state index in [-0.39, 0.29) is 11.8 Å². The SMILES string of the molecule is CCS(=O)(=O)CCCC(N)C1CCCC1. The Labute approximate surface area is 93.3 Å². The van der Waals surface area contributed by atoms with E-state index in [1.54, 1.807) is 6.92 Å². The van der Waals surface area contributed by atoms with E-state index in [4.69, 9.17) is 5.73 Å². The molecule has 0 saturated heterocycles. The van der Waals surface area contributed by atoms with Gasteiger partial charge in [0.05, 0.1) is 5.75 Å². The van der Waals surface area contributed by atoms with Gasteiger partial charge in [-0.3, -0.25) is 0 Å². The van der Waals surface area contributed by atoms with Gasteiger partial charge in [0.25, 0.3) is 0 Å². The summed E-state index contributed by atoms with van der Waals surface area (Å²) in [6.45, 7) is 1.70. The maximum atomic E-state index is 11.3. The number of hydrogen-bond donors (Lipinski definition) is 1. The molecule has 1 rings (SSSR count). The van der Waals surface area contributed by atoms with Crippen LogP contribution in [0.4, 0.5) is 0 Å². The quantitative estimate of drug-likeness (QED) is 0.760. The Hall–Kier alpha value is -0.0900. The standard InChI is InChI=1S/C11H23NO2S/c1-2-15(13,14)9-5-8-11(12)10-6-3-4-7-10/h10-11H,2-9,12H2,1H3. The van der Waals surface area contributed by atoms with E-state index in [2.05, 4.69) is 0 Å². The molecule has 1 aliphatic rings. The topological polar surface area (TPSA) is 60.2 Å².